The van der Waals surface area contributed by atoms with Gasteiger partial charge in [-0.05, 0) is 37.0 Å². The van der Waals surface area contributed by atoms with Crippen LogP contribution in [0.4, 0.5) is 0 Å². The molecular formula is C15H20ClNO3. The molecule has 0 aliphatic heterocycles. The number of hydrogen-bond acceptors (Lipinski definition) is 2. The van der Waals surface area contributed by atoms with Crippen molar-refractivity contribution >= 4 is 23.5 Å². The normalized spacial score (nSPS) is 11.9. The largest absolute Gasteiger partial charge is 0.481 e. The predicted octanol–water partition coefficient (Wildman–Crippen LogP) is 2.81. The minimum Gasteiger partial charge on any atom is -0.481 e. The van der Waals surface area contributed by atoms with Crippen molar-refractivity contribution in [3.05, 3.63) is 34.3 Å². The molecule has 0 spiro atoms. The van der Waals surface area contributed by atoms with Crippen LogP contribution in [-0.2, 0) is 16.0 Å². The number of amides is 1. The maximum absolute atomic E-state index is 11.7. The molecule has 1 atom stereocenters. The predicted molar refractivity (Wildman–Crippen MR) is 78.9 cm³/mol. The molecule has 20 heavy (non-hydrogen) atoms. The first-order valence-corrected chi connectivity index (χ1v) is 7.06. The number of carbonyl (C=O) groups is 2. The zero-order valence-electron chi connectivity index (χ0n) is 11.8. The van der Waals surface area contributed by atoms with Gasteiger partial charge in [0.05, 0.1) is 5.92 Å². The van der Waals surface area contributed by atoms with E-state index in [1.807, 2.05) is 25.1 Å². The lowest BCUT2D eigenvalue weighted by Crippen LogP contribution is -2.32. The third kappa shape index (κ3) is 5.21. The second-order valence-corrected chi connectivity index (χ2v) is 5.24. The van der Waals surface area contributed by atoms with Crippen LogP contribution in [0.5, 0.6) is 0 Å². The van der Waals surface area contributed by atoms with E-state index >= 15 is 0 Å². The summed E-state index contributed by atoms with van der Waals surface area (Å²) in [4.78, 5) is 22.5. The van der Waals surface area contributed by atoms with Gasteiger partial charge >= 0.3 is 5.97 Å². The lowest BCUT2D eigenvalue weighted by atomic mass is 10.1. The molecule has 2 N–H and O–H groups in total. The average molecular weight is 298 g/mol. The van der Waals surface area contributed by atoms with Crippen molar-refractivity contribution in [3.8, 4) is 0 Å². The van der Waals surface area contributed by atoms with E-state index in [0.717, 1.165) is 11.1 Å². The van der Waals surface area contributed by atoms with Crippen molar-refractivity contribution in [1.29, 1.82) is 0 Å². The Morgan fingerprint density at radius 3 is 2.65 bits per heavy atom. The molecule has 0 bridgehead atoms. The van der Waals surface area contributed by atoms with Crippen LogP contribution in [0.2, 0.25) is 5.02 Å². The summed E-state index contributed by atoms with van der Waals surface area (Å²) in [6.45, 7) is 3.90. The molecule has 4 nitrogen and oxygen atoms in total. The zero-order chi connectivity index (χ0) is 15.1. The molecular weight excluding hydrogens is 278 g/mol. The number of aryl methyl sites for hydroxylation is 2. The number of carbonyl (C=O) groups excluding carboxylic acids is 1. The second kappa shape index (κ2) is 7.90. The molecule has 1 aromatic carbocycles. The average Bonchev–Trinajstić information content (AvgIpc) is 2.40. The second-order valence-electron chi connectivity index (χ2n) is 4.83. The molecule has 110 valence electrons. The molecule has 0 saturated carbocycles. The van der Waals surface area contributed by atoms with Gasteiger partial charge in [0.25, 0.3) is 0 Å². The van der Waals surface area contributed by atoms with E-state index in [1.54, 1.807) is 6.92 Å². The van der Waals surface area contributed by atoms with E-state index in [9.17, 15) is 9.59 Å². The highest BCUT2D eigenvalue weighted by Gasteiger charge is 2.15. The van der Waals surface area contributed by atoms with Crippen LogP contribution < -0.4 is 5.32 Å². The van der Waals surface area contributed by atoms with Crippen molar-refractivity contribution < 1.29 is 14.7 Å². The topological polar surface area (TPSA) is 66.4 Å². The Hall–Kier alpha value is -1.55. The number of carboxylic acid groups (broad SMARTS) is 1. The van der Waals surface area contributed by atoms with Crippen molar-refractivity contribution in [2.75, 3.05) is 6.54 Å². The Balaban J connectivity index is 2.39. The molecule has 0 radical (unpaired) electrons. The van der Waals surface area contributed by atoms with Crippen LogP contribution in [0.1, 0.15) is 30.9 Å². The van der Waals surface area contributed by atoms with Gasteiger partial charge in [-0.15, -0.1) is 0 Å². The van der Waals surface area contributed by atoms with Crippen LogP contribution >= 0.6 is 11.6 Å². The Morgan fingerprint density at radius 2 is 2.10 bits per heavy atom. The van der Waals surface area contributed by atoms with E-state index < -0.39 is 11.9 Å². The number of nitrogens with one attached hydrogen (secondary N) is 1. The third-order valence-corrected chi connectivity index (χ3v) is 3.67. The highest BCUT2D eigenvalue weighted by Crippen LogP contribution is 2.17. The Labute approximate surface area is 124 Å². The van der Waals surface area contributed by atoms with Gasteiger partial charge in [-0.3, -0.25) is 9.59 Å². The molecule has 0 heterocycles. The first kappa shape index (κ1) is 16.5. The summed E-state index contributed by atoms with van der Waals surface area (Å²) in [6, 6.07) is 5.73. The first-order chi connectivity index (χ1) is 9.43. The van der Waals surface area contributed by atoms with E-state index in [-0.39, 0.29) is 12.5 Å². The van der Waals surface area contributed by atoms with Gasteiger partial charge in [0, 0.05) is 18.0 Å². The lowest BCUT2D eigenvalue weighted by molar-refractivity contribution is -0.141. The summed E-state index contributed by atoms with van der Waals surface area (Å²) >= 11 is 6.02. The third-order valence-electron chi connectivity index (χ3n) is 3.26. The Kier molecular flexibility index (Phi) is 6.52. The van der Waals surface area contributed by atoms with Crippen LogP contribution in [0.3, 0.4) is 0 Å². The first-order valence-electron chi connectivity index (χ1n) is 6.68. The molecule has 0 aliphatic rings. The zero-order valence-corrected chi connectivity index (χ0v) is 12.5. The fourth-order valence-corrected chi connectivity index (χ4v) is 1.98. The molecule has 0 saturated heterocycles. The standard InChI is InChI=1S/C15H20ClNO3/c1-3-12(15(19)20)9-17-14(18)7-6-11-5-4-10(2)13(16)8-11/h4-5,8,12H,3,6-7,9H2,1-2H3,(H,17,18)(H,19,20). The lowest BCUT2D eigenvalue weighted by Gasteiger charge is -2.11. The Morgan fingerprint density at radius 1 is 1.40 bits per heavy atom. The smallest absolute Gasteiger partial charge is 0.308 e. The van der Waals surface area contributed by atoms with Crippen LogP contribution in [-0.4, -0.2) is 23.5 Å². The molecule has 5 heteroatoms. The maximum Gasteiger partial charge on any atom is 0.308 e. The summed E-state index contributed by atoms with van der Waals surface area (Å²) in [7, 11) is 0. The number of aliphatic carboxylic acids is 1. The van der Waals surface area contributed by atoms with Gasteiger partial charge in [0.1, 0.15) is 0 Å². The highest BCUT2D eigenvalue weighted by molar-refractivity contribution is 6.31. The molecule has 1 aromatic rings. The fourth-order valence-electron chi connectivity index (χ4n) is 1.78. The van der Waals surface area contributed by atoms with E-state index in [1.165, 1.54) is 0 Å². The van der Waals surface area contributed by atoms with E-state index in [2.05, 4.69) is 5.32 Å². The van der Waals surface area contributed by atoms with Gasteiger partial charge in [-0.1, -0.05) is 30.7 Å². The van der Waals surface area contributed by atoms with Crippen molar-refractivity contribution in [2.45, 2.75) is 33.1 Å². The van der Waals surface area contributed by atoms with E-state index in [4.69, 9.17) is 16.7 Å². The van der Waals surface area contributed by atoms with Gasteiger partial charge < -0.3 is 10.4 Å². The Bertz CT molecular complexity index is 488. The molecule has 1 unspecified atom stereocenters. The fraction of sp³-hybridized carbons (Fsp3) is 0.467. The molecule has 1 amide bonds. The molecule has 0 aromatic heterocycles. The van der Waals surface area contributed by atoms with Crippen molar-refractivity contribution in [1.82, 2.24) is 5.32 Å². The summed E-state index contributed by atoms with van der Waals surface area (Å²) in [5, 5.41) is 12.2. The SMILES string of the molecule is CCC(CNC(=O)CCc1ccc(C)c(Cl)c1)C(=O)O. The van der Waals surface area contributed by atoms with Crippen LogP contribution in [0.25, 0.3) is 0 Å². The number of benzene rings is 1. The quantitative estimate of drug-likeness (QED) is 0.813. The number of halogens is 1. The minimum atomic E-state index is -0.877. The number of hydrogen-bond donors (Lipinski definition) is 2. The van der Waals surface area contributed by atoms with E-state index in [0.29, 0.717) is 24.3 Å². The number of rotatable bonds is 7. The maximum atomic E-state index is 11.7. The molecule has 0 aliphatic carbocycles. The molecule has 1 rings (SSSR count). The molecule has 0 fully saturated rings. The summed E-state index contributed by atoms with van der Waals surface area (Å²) in [5.74, 6) is -1.53. The van der Waals surface area contributed by atoms with Crippen molar-refractivity contribution in [3.63, 3.8) is 0 Å². The van der Waals surface area contributed by atoms with Gasteiger partial charge in [-0.25, -0.2) is 0 Å². The monoisotopic (exact) mass is 297 g/mol. The van der Waals surface area contributed by atoms with Crippen molar-refractivity contribution in [2.24, 2.45) is 5.92 Å². The van der Waals surface area contributed by atoms with Gasteiger partial charge in [0.2, 0.25) is 5.91 Å². The van der Waals surface area contributed by atoms with Crippen LogP contribution in [0, 0.1) is 12.8 Å². The summed E-state index contributed by atoms with van der Waals surface area (Å²) in [5.41, 5.74) is 2.01. The van der Waals surface area contributed by atoms with Crippen LogP contribution in [0.15, 0.2) is 18.2 Å². The number of carboxylic acids is 1. The van der Waals surface area contributed by atoms with Gasteiger partial charge in [-0.2, -0.15) is 0 Å². The highest BCUT2D eigenvalue weighted by atomic mass is 35.5. The van der Waals surface area contributed by atoms with Gasteiger partial charge in [0.15, 0.2) is 0 Å². The summed E-state index contributed by atoms with van der Waals surface area (Å²) < 4.78 is 0. The minimum absolute atomic E-state index is 0.138. The summed E-state index contributed by atoms with van der Waals surface area (Å²) in [6.07, 6.45) is 1.42.